The molecule has 2 aliphatic heterocycles. The highest BCUT2D eigenvalue weighted by Gasteiger charge is 2.30. The van der Waals surface area contributed by atoms with E-state index < -0.39 is 26.3 Å². The van der Waals surface area contributed by atoms with Crippen LogP contribution in [-0.2, 0) is 16.0 Å². The van der Waals surface area contributed by atoms with Crippen molar-refractivity contribution < 1.29 is 38.7 Å². The van der Waals surface area contributed by atoms with E-state index in [1.807, 2.05) is 13.8 Å². The first-order valence-corrected chi connectivity index (χ1v) is 20.9. The van der Waals surface area contributed by atoms with E-state index in [2.05, 4.69) is 45.5 Å². The van der Waals surface area contributed by atoms with Gasteiger partial charge < -0.3 is 33.9 Å². The number of aliphatic hydroxyl groups excluding tert-OH is 1. The van der Waals surface area contributed by atoms with Crippen LogP contribution in [0.2, 0.25) is 35.7 Å². The number of carboxylic acids is 1. The van der Waals surface area contributed by atoms with Gasteiger partial charge in [0.05, 0.1) is 25.8 Å². The van der Waals surface area contributed by atoms with Crippen molar-refractivity contribution in [1.82, 2.24) is 9.97 Å². The summed E-state index contributed by atoms with van der Waals surface area (Å²) in [6, 6.07) is 6.02. The molecule has 0 fully saturated rings. The largest absolute Gasteiger partial charge is 0.490 e. The molecular weight excluding hydrogens is 751 g/mol. The molecule has 2 aromatic carbocycles. The standard InChI is InChI=1S/C32H35BrCl2N2O8SSi/c1-16-23-17(2)27(35)28(26(16)34)44-20(12-38)13-42-19-6-7-21(43-15-41-8-9-47(3,4)5)18(10-19)11-22(32(39)40)45-30-25-24(23)29(33)46-31(25)37-14-36-30/h6-7,10,14,20,22,38H,8-9,11-13,15H2,1-5H3,(H,39,40)/t20-,22-/m1/s1. The van der Waals surface area contributed by atoms with Crippen LogP contribution in [0.25, 0.3) is 21.3 Å². The third kappa shape index (κ3) is 7.98. The van der Waals surface area contributed by atoms with Crippen LogP contribution in [0.5, 0.6) is 23.1 Å². The predicted molar refractivity (Wildman–Crippen MR) is 189 cm³/mol. The highest BCUT2D eigenvalue weighted by atomic mass is 79.9. The molecule has 0 unspecified atom stereocenters. The molecule has 0 saturated heterocycles. The Morgan fingerprint density at radius 2 is 1.85 bits per heavy atom. The number of thiophene rings is 1. The zero-order valence-corrected chi connectivity index (χ0v) is 31.4. The summed E-state index contributed by atoms with van der Waals surface area (Å²) in [5.74, 6) is -0.0873. The van der Waals surface area contributed by atoms with Crippen LogP contribution in [0.3, 0.4) is 0 Å². The van der Waals surface area contributed by atoms with E-state index in [4.69, 9.17) is 46.9 Å². The first kappa shape index (κ1) is 35.6. The van der Waals surface area contributed by atoms with Crippen LogP contribution in [0.15, 0.2) is 28.3 Å². The molecule has 252 valence electrons. The quantitative estimate of drug-likeness (QED) is 0.103. The maximum absolute atomic E-state index is 12.7. The number of aliphatic hydroxyl groups is 1. The average Bonchev–Trinajstić information content (AvgIpc) is 3.35. The summed E-state index contributed by atoms with van der Waals surface area (Å²) in [7, 11) is -1.29. The molecule has 2 atom stereocenters. The van der Waals surface area contributed by atoms with Crippen molar-refractivity contribution in [3.05, 3.63) is 55.0 Å². The minimum Gasteiger partial charge on any atom is -0.490 e. The van der Waals surface area contributed by atoms with Crippen LogP contribution in [0.4, 0.5) is 0 Å². The van der Waals surface area contributed by atoms with Crippen molar-refractivity contribution in [2.24, 2.45) is 0 Å². The number of nitrogens with zero attached hydrogens (tertiary/aromatic N) is 2. The summed E-state index contributed by atoms with van der Waals surface area (Å²) in [6.45, 7) is 10.6. The fraction of sp³-hybridized carbons (Fsp3) is 0.406. The topological polar surface area (TPSA) is 129 Å². The predicted octanol–water partition coefficient (Wildman–Crippen LogP) is 7.94. The first-order valence-electron chi connectivity index (χ1n) is 14.8. The lowest BCUT2D eigenvalue weighted by Gasteiger charge is -2.23. The molecule has 4 bridgehead atoms. The molecule has 10 nitrogen and oxygen atoms in total. The highest BCUT2D eigenvalue weighted by Crippen LogP contribution is 2.51. The number of benzene rings is 2. The number of rotatable bonds is 8. The number of carboxylic acid groups (broad SMARTS) is 1. The van der Waals surface area contributed by atoms with Crippen LogP contribution >= 0.6 is 50.5 Å². The zero-order valence-electron chi connectivity index (χ0n) is 26.5. The third-order valence-corrected chi connectivity index (χ3v) is 12.0. The van der Waals surface area contributed by atoms with Crippen molar-refractivity contribution in [3.8, 4) is 34.3 Å². The molecular formula is C32H35BrCl2N2O8SSi. The van der Waals surface area contributed by atoms with Gasteiger partial charge >= 0.3 is 5.97 Å². The lowest BCUT2D eigenvalue weighted by molar-refractivity contribution is -0.145. The number of fused-ring (bicyclic) bond motifs is 7. The fourth-order valence-electron chi connectivity index (χ4n) is 5.09. The van der Waals surface area contributed by atoms with Gasteiger partial charge in [-0.05, 0) is 70.7 Å². The zero-order chi connectivity index (χ0) is 34.0. The SMILES string of the molecule is Cc1c(Cl)c2c(Cl)c(C)c1-c1c(Br)sc3ncnc(c13)O[C@@H](C(=O)O)Cc1cc(ccc1OCOCC[Si](C)(C)C)OC[C@@H](CO)O2. The molecule has 6 rings (SSSR count). The third-order valence-electron chi connectivity index (χ3n) is 7.65. The van der Waals surface area contributed by atoms with Gasteiger partial charge in [-0.1, -0.05) is 42.8 Å². The minimum absolute atomic E-state index is 0.00697. The maximum Gasteiger partial charge on any atom is 0.345 e. The molecule has 4 heterocycles. The van der Waals surface area contributed by atoms with E-state index >= 15 is 0 Å². The number of hydrogen-bond donors (Lipinski definition) is 2. The molecule has 0 amide bonds. The van der Waals surface area contributed by atoms with Gasteiger partial charge in [0.1, 0.15) is 29.3 Å². The maximum atomic E-state index is 12.7. The molecule has 2 aliphatic rings. The number of ether oxygens (including phenoxy) is 5. The number of aromatic nitrogens is 2. The molecule has 47 heavy (non-hydrogen) atoms. The van der Waals surface area contributed by atoms with Gasteiger partial charge in [0.2, 0.25) is 12.0 Å². The Hall–Kier alpha value is -2.65. The van der Waals surface area contributed by atoms with E-state index in [1.54, 1.807) is 18.2 Å². The van der Waals surface area contributed by atoms with Crippen LogP contribution in [0, 0.1) is 13.8 Å². The van der Waals surface area contributed by atoms with Crippen molar-refractivity contribution in [2.45, 2.75) is 58.2 Å². The van der Waals surface area contributed by atoms with E-state index in [9.17, 15) is 15.0 Å². The summed E-state index contributed by atoms with van der Waals surface area (Å²) >= 11 is 18.8. The number of halogens is 3. The van der Waals surface area contributed by atoms with E-state index in [-0.39, 0.29) is 48.1 Å². The molecule has 15 heteroatoms. The Morgan fingerprint density at radius 3 is 2.51 bits per heavy atom. The van der Waals surface area contributed by atoms with Gasteiger partial charge in [-0.3, -0.25) is 0 Å². The van der Waals surface area contributed by atoms with Gasteiger partial charge in [-0.15, -0.1) is 11.3 Å². The van der Waals surface area contributed by atoms with Gasteiger partial charge in [0.15, 0.2) is 18.6 Å². The van der Waals surface area contributed by atoms with E-state index in [1.165, 1.54) is 17.7 Å². The summed E-state index contributed by atoms with van der Waals surface area (Å²) in [6.07, 6.45) is -0.954. The van der Waals surface area contributed by atoms with E-state index in [0.29, 0.717) is 59.9 Å². The fourth-order valence-corrected chi connectivity index (χ4v) is 8.09. The van der Waals surface area contributed by atoms with E-state index in [0.717, 1.165) is 6.04 Å². The summed E-state index contributed by atoms with van der Waals surface area (Å²) in [5, 5.41) is 21.6. The summed E-state index contributed by atoms with van der Waals surface area (Å²) < 4.78 is 30.8. The molecule has 0 spiro atoms. The monoisotopic (exact) mass is 784 g/mol. The first-order chi connectivity index (χ1) is 22.3. The highest BCUT2D eigenvalue weighted by molar-refractivity contribution is 9.11. The van der Waals surface area contributed by atoms with Gasteiger partial charge in [-0.2, -0.15) is 0 Å². The van der Waals surface area contributed by atoms with Gasteiger partial charge in [0, 0.05) is 32.2 Å². The van der Waals surface area contributed by atoms with Crippen molar-refractivity contribution in [1.29, 1.82) is 0 Å². The molecule has 4 aromatic rings. The van der Waals surface area contributed by atoms with Crippen molar-refractivity contribution in [2.75, 3.05) is 26.6 Å². The smallest absolute Gasteiger partial charge is 0.345 e. The Kier molecular flexibility index (Phi) is 11.3. The Balaban J connectivity index is 1.62. The average molecular weight is 787 g/mol. The minimum atomic E-state index is -1.37. The number of hydrogen-bond acceptors (Lipinski definition) is 10. The Labute approximate surface area is 296 Å². The molecule has 2 N–H and O–H groups in total. The van der Waals surface area contributed by atoms with Gasteiger partial charge in [-0.25, -0.2) is 14.8 Å². The number of carbonyl (C=O) groups is 1. The lowest BCUT2D eigenvalue weighted by Crippen LogP contribution is -2.30. The summed E-state index contributed by atoms with van der Waals surface area (Å²) in [4.78, 5) is 22.1. The second-order valence-electron chi connectivity index (χ2n) is 12.3. The molecule has 0 radical (unpaired) electrons. The normalized spacial score (nSPS) is 16.7. The summed E-state index contributed by atoms with van der Waals surface area (Å²) in [5.41, 5.74) is 3.15. The molecule has 0 saturated carbocycles. The Morgan fingerprint density at radius 1 is 1.13 bits per heavy atom. The second kappa shape index (κ2) is 14.9. The molecule has 2 aromatic heterocycles. The van der Waals surface area contributed by atoms with Crippen LogP contribution in [-0.4, -0.2) is 73.0 Å². The number of aliphatic carboxylic acids is 1. The Bertz CT molecular complexity index is 1770. The van der Waals surface area contributed by atoms with Crippen LogP contribution < -0.4 is 18.9 Å². The molecule has 0 aliphatic carbocycles. The van der Waals surface area contributed by atoms with Gasteiger partial charge in [0.25, 0.3) is 0 Å². The lowest BCUT2D eigenvalue weighted by atomic mass is 9.95. The van der Waals surface area contributed by atoms with Crippen molar-refractivity contribution in [3.63, 3.8) is 0 Å². The van der Waals surface area contributed by atoms with Crippen LogP contribution in [0.1, 0.15) is 16.7 Å². The van der Waals surface area contributed by atoms with Crippen molar-refractivity contribution >= 4 is 74.7 Å². The second-order valence-corrected chi connectivity index (χ2v) is 21.0.